The number of aryl methyl sites for hydroxylation is 1. The molecule has 4 aromatic rings. The maximum absolute atomic E-state index is 13.8. The molecule has 0 radical (unpaired) electrons. The van der Waals surface area contributed by atoms with Gasteiger partial charge >= 0.3 is 0 Å². The van der Waals surface area contributed by atoms with E-state index in [0.717, 1.165) is 11.1 Å². The minimum atomic E-state index is -0.609. The number of anilines is 3. The second kappa shape index (κ2) is 10.7. The third-order valence-electron chi connectivity index (χ3n) is 6.58. The lowest BCUT2D eigenvalue weighted by molar-refractivity contribution is -0.113. The van der Waals surface area contributed by atoms with Gasteiger partial charge in [0.05, 0.1) is 31.7 Å². The fraction of sp³-hybridized carbons (Fsp3) is 0.167. The van der Waals surface area contributed by atoms with Gasteiger partial charge in [-0.2, -0.15) is 5.10 Å². The quantitative estimate of drug-likeness (QED) is 0.300. The predicted molar refractivity (Wildman–Crippen MR) is 150 cm³/mol. The summed E-state index contributed by atoms with van der Waals surface area (Å²) in [5.41, 5.74) is 4.48. The van der Waals surface area contributed by atoms with Crippen molar-refractivity contribution < 1.29 is 19.1 Å². The van der Waals surface area contributed by atoms with Crippen LogP contribution >= 0.6 is 0 Å². The SMILES string of the molecule is COc1ccc([C@H]2C(C(=O)Nc3ccccc3OC)=C(C)Nc3c(C(=O)Nc4cccc(C)c4)cnn32)cc1. The van der Waals surface area contributed by atoms with Crippen LogP contribution < -0.4 is 25.4 Å². The van der Waals surface area contributed by atoms with E-state index >= 15 is 0 Å². The minimum Gasteiger partial charge on any atom is -0.497 e. The zero-order valence-electron chi connectivity index (χ0n) is 22.1. The van der Waals surface area contributed by atoms with Gasteiger partial charge in [0.1, 0.15) is 28.9 Å². The molecule has 0 bridgehead atoms. The van der Waals surface area contributed by atoms with Gasteiger partial charge in [-0.25, -0.2) is 4.68 Å². The first-order chi connectivity index (χ1) is 18.9. The van der Waals surface area contributed by atoms with Crippen molar-refractivity contribution in [3.8, 4) is 11.5 Å². The second-order valence-electron chi connectivity index (χ2n) is 9.17. The lowest BCUT2D eigenvalue weighted by Crippen LogP contribution is -2.32. The van der Waals surface area contributed by atoms with Crippen LogP contribution in [0.4, 0.5) is 17.2 Å². The minimum absolute atomic E-state index is 0.308. The molecule has 1 aliphatic heterocycles. The Bertz CT molecular complexity index is 1570. The van der Waals surface area contributed by atoms with E-state index in [4.69, 9.17) is 9.47 Å². The summed E-state index contributed by atoms with van der Waals surface area (Å²) >= 11 is 0. The Labute approximate surface area is 226 Å². The zero-order chi connectivity index (χ0) is 27.5. The Morgan fingerprint density at radius 3 is 2.38 bits per heavy atom. The number of amides is 2. The van der Waals surface area contributed by atoms with Crippen molar-refractivity contribution in [2.45, 2.75) is 19.9 Å². The number of benzene rings is 3. The van der Waals surface area contributed by atoms with Crippen molar-refractivity contribution in [3.63, 3.8) is 0 Å². The van der Waals surface area contributed by atoms with Crippen LogP contribution in [0.1, 0.15) is 34.5 Å². The normalized spacial score (nSPS) is 14.2. The van der Waals surface area contributed by atoms with E-state index in [0.29, 0.717) is 45.5 Å². The summed E-state index contributed by atoms with van der Waals surface area (Å²) in [5.74, 6) is 1.10. The standard InChI is InChI=1S/C30H29N5O4/c1-18-8-7-9-21(16-18)33-29(36)23-17-31-35-27(20-12-14-22(38-3)15-13-20)26(19(2)32-28(23)35)30(37)34-24-10-5-6-11-25(24)39-4/h5-17,27,32H,1-4H3,(H,33,36)(H,34,37)/t27-/m0/s1. The molecule has 9 heteroatoms. The average Bonchev–Trinajstić information content (AvgIpc) is 3.36. The third-order valence-corrected chi connectivity index (χ3v) is 6.58. The van der Waals surface area contributed by atoms with Crippen LogP contribution in [0.3, 0.4) is 0 Å². The average molecular weight is 524 g/mol. The fourth-order valence-electron chi connectivity index (χ4n) is 4.67. The van der Waals surface area contributed by atoms with E-state index < -0.39 is 6.04 Å². The number of ether oxygens (including phenoxy) is 2. The van der Waals surface area contributed by atoms with Crippen molar-refractivity contribution in [1.82, 2.24) is 9.78 Å². The smallest absolute Gasteiger partial charge is 0.261 e. The molecule has 2 heterocycles. The van der Waals surface area contributed by atoms with Gasteiger partial charge < -0.3 is 25.4 Å². The van der Waals surface area contributed by atoms with Gasteiger partial charge in [-0.15, -0.1) is 0 Å². The Morgan fingerprint density at radius 2 is 1.67 bits per heavy atom. The summed E-state index contributed by atoms with van der Waals surface area (Å²) in [7, 11) is 3.15. The first-order valence-corrected chi connectivity index (χ1v) is 12.4. The summed E-state index contributed by atoms with van der Waals surface area (Å²) < 4.78 is 12.4. The molecule has 9 nitrogen and oxygen atoms in total. The number of rotatable bonds is 7. The first kappa shape index (κ1) is 25.6. The van der Waals surface area contributed by atoms with Gasteiger partial charge in [0.15, 0.2) is 0 Å². The molecule has 0 spiro atoms. The summed E-state index contributed by atoms with van der Waals surface area (Å²) in [6, 6.07) is 21.6. The molecule has 198 valence electrons. The first-order valence-electron chi connectivity index (χ1n) is 12.4. The number of nitrogens with one attached hydrogen (secondary N) is 3. The van der Waals surface area contributed by atoms with Crippen LogP contribution in [0.25, 0.3) is 0 Å². The molecule has 3 N–H and O–H groups in total. The molecule has 0 saturated heterocycles. The molecule has 0 saturated carbocycles. The summed E-state index contributed by atoms with van der Waals surface area (Å²) in [6.45, 7) is 3.77. The molecule has 0 fully saturated rings. The van der Waals surface area contributed by atoms with Crippen molar-refractivity contribution >= 4 is 29.0 Å². The van der Waals surface area contributed by atoms with Crippen LogP contribution in [0, 0.1) is 6.92 Å². The monoisotopic (exact) mass is 523 g/mol. The number of nitrogens with zero attached hydrogens (tertiary/aromatic N) is 2. The van der Waals surface area contributed by atoms with Crippen molar-refractivity contribution in [1.29, 1.82) is 0 Å². The number of methoxy groups -OCH3 is 2. The highest BCUT2D eigenvalue weighted by molar-refractivity contribution is 6.09. The van der Waals surface area contributed by atoms with E-state index in [1.165, 1.54) is 6.20 Å². The molecule has 2 amide bonds. The zero-order valence-corrected chi connectivity index (χ0v) is 22.1. The van der Waals surface area contributed by atoms with Crippen LogP contribution in [-0.2, 0) is 4.79 Å². The molecule has 39 heavy (non-hydrogen) atoms. The predicted octanol–water partition coefficient (Wildman–Crippen LogP) is 5.39. The van der Waals surface area contributed by atoms with Crippen molar-refractivity contribution in [2.24, 2.45) is 0 Å². The van der Waals surface area contributed by atoms with Gasteiger partial charge in [0, 0.05) is 11.4 Å². The Balaban J connectivity index is 1.55. The molecular weight excluding hydrogens is 494 g/mol. The maximum Gasteiger partial charge on any atom is 0.261 e. The summed E-state index contributed by atoms with van der Waals surface area (Å²) in [6.07, 6.45) is 1.51. The van der Waals surface area contributed by atoms with Gasteiger partial charge in [-0.3, -0.25) is 9.59 Å². The largest absolute Gasteiger partial charge is 0.497 e. The maximum atomic E-state index is 13.8. The number of aromatic nitrogens is 2. The molecular formula is C30H29N5O4. The molecule has 0 unspecified atom stereocenters. The summed E-state index contributed by atoms with van der Waals surface area (Å²) in [4.78, 5) is 27.1. The third kappa shape index (κ3) is 5.06. The van der Waals surface area contributed by atoms with E-state index in [-0.39, 0.29) is 11.8 Å². The Hall–Kier alpha value is -5.05. The van der Waals surface area contributed by atoms with Crippen LogP contribution in [0.2, 0.25) is 0 Å². The number of hydrogen-bond acceptors (Lipinski definition) is 6. The topological polar surface area (TPSA) is 107 Å². The molecule has 0 aliphatic carbocycles. The highest BCUT2D eigenvalue weighted by Crippen LogP contribution is 2.39. The number of allylic oxidation sites excluding steroid dienone is 1. The lowest BCUT2D eigenvalue weighted by atomic mass is 9.94. The van der Waals surface area contributed by atoms with Gasteiger partial charge in [-0.1, -0.05) is 36.4 Å². The molecule has 1 aliphatic rings. The lowest BCUT2D eigenvalue weighted by Gasteiger charge is -2.30. The van der Waals surface area contributed by atoms with Crippen molar-refractivity contribution in [2.75, 3.05) is 30.2 Å². The van der Waals surface area contributed by atoms with E-state index in [9.17, 15) is 9.59 Å². The Morgan fingerprint density at radius 1 is 0.897 bits per heavy atom. The molecule has 1 atom stereocenters. The number of hydrogen-bond donors (Lipinski definition) is 3. The van der Waals surface area contributed by atoms with Gasteiger partial charge in [0.25, 0.3) is 11.8 Å². The van der Waals surface area contributed by atoms with E-state index in [2.05, 4.69) is 21.0 Å². The summed E-state index contributed by atoms with van der Waals surface area (Å²) in [5, 5.41) is 13.7. The Kier molecular flexibility index (Phi) is 7.05. The second-order valence-corrected chi connectivity index (χ2v) is 9.17. The highest BCUT2D eigenvalue weighted by Gasteiger charge is 2.35. The van der Waals surface area contributed by atoms with Crippen molar-refractivity contribution in [3.05, 3.63) is 107 Å². The van der Waals surface area contributed by atoms with Crippen LogP contribution in [0.15, 0.2) is 90.3 Å². The highest BCUT2D eigenvalue weighted by atomic mass is 16.5. The van der Waals surface area contributed by atoms with Crippen LogP contribution in [0.5, 0.6) is 11.5 Å². The number of carbonyl (C=O) groups excluding carboxylic acids is 2. The number of carbonyl (C=O) groups is 2. The van der Waals surface area contributed by atoms with Gasteiger partial charge in [0.2, 0.25) is 0 Å². The van der Waals surface area contributed by atoms with Crippen LogP contribution in [-0.4, -0.2) is 35.8 Å². The number of para-hydroxylation sites is 2. The van der Waals surface area contributed by atoms with Gasteiger partial charge in [-0.05, 0) is 61.4 Å². The fourth-order valence-corrected chi connectivity index (χ4v) is 4.67. The molecule has 5 rings (SSSR count). The van der Waals surface area contributed by atoms with E-state index in [1.807, 2.05) is 74.5 Å². The number of fused-ring (bicyclic) bond motifs is 1. The molecule has 3 aromatic carbocycles. The van der Waals surface area contributed by atoms with E-state index in [1.54, 1.807) is 31.0 Å². The molecule has 1 aromatic heterocycles.